The van der Waals surface area contributed by atoms with Crippen LogP contribution in [0.1, 0.15) is 0 Å². The molecule has 2 aromatic carbocycles. The third kappa shape index (κ3) is 3.87. The van der Waals surface area contributed by atoms with Gasteiger partial charge in [-0.05, 0) is 23.3 Å². The van der Waals surface area contributed by atoms with E-state index in [-0.39, 0.29) is 0 Å². The van der Waals surface area contributed by atoms with Crippen molar-refractivity contribution in [3.63, 3.8) is 0 Å². The second kappa shape index (κ2) is 6.78. The van der Waals surface area contributed by atoms with Gasteiger partial charge in [-0.15, -0.1) is 0 Å². The van der Waals surface area contributed by atoms with Crippen LogP contribution in [0, 0.1) is 0 Å². The van der Waals surface area contributed by atoms with Crippen LogP contribution in [0.5, 0.6) is 0 Å². The van der Waals surface area contributed by atoms with Crippen LogP contribution in [0.2, 0.25) is 0 Å². The Kier molecular flexibility index (Phi) is 4.75. The van der Waals surface area contributed by atoms with E-state index in [1.165, 1.54) is 11.1 Å². The molecule has 0 bridgehead atoms. The smallest absolute Gasteiger partial charge is 0.119 e. The van der Waals surface area contributed by atoms with Crippen molar-refractivity contribution in [1.82, 2.24) is 0 Å². The highest BCUT2D eigenvalue weighted by molar-refractivity contribution is 7.26. The number of hydrogen-bond donors (Lipinski definition) is 0. The Hall–Kier alpha value is -1.85. The van der Waals surface area contributed by atoms with Crippen LogP contribution in [0.3, 0.4) is 0 Å². The summed E-state index contributed by atoms with van der Waals surface area (Å²) in [5.74, 6) is 0. The maximum atomic E-state index is 4.80. The number of hydrogen-bond acceptors (Lipinski definition) is 1. The van der Waals surface area contributed by atoms with E-state index >= 15 is 0 Å². The Morgan fingerprint density at radius 2 is 1.11 bits per heavy atom. The molecule has 1 unspecified atom stereocenters. The van der Waals surface area contributed by atoms with Crippen LogP contribution in [0.25, 0.3) is 11.1 Å². The van der Waals surface area contributed by atoms with Crippen molar-refractivity contribution in [3.05, 3.63) is 79.1 Å². The van der Waals surface area contributed by atoms with Crippen molar-refractivity contribution in [1.29, 1.82) is 0 Å². The molecule has 0 saturated heterocycles. The first kappa shape index (κ1) is 12.6. The largest absolute Gasteiger partial charge is 0.465 e. The summed E-state index contributed by atoms with van der Waals surface area (Å²) in [6.07, 6.45) is 1.64. The molecule has 0 amide bonds. The van der Waals surface area contributed by atoms with E-state index in [1.807, 2.05) is 24.3 Å². The molecule has 0 N–H and O–H groups in total. The predicted octanol–water partition coefficient (Wildman–Crippen LogP) is 4.13. The Labute approximate surface area is 110 Å². The molecule has 0 aliphatic carbocycles. The van der Waals surface area contributed by atoms with E-state index in [1.54, 1.807) is 6.26 Å². The van der Waals surface area contributed by atoms with Gasteiger partial charge in [0.05, 0.1) is 6.26 Å². The van der Waals surface area contributed by atoms with Crippen molar-refractivity contribution < 1.29 is 4.42 Å². The van der Waals surface area contributed by atoms with E-state index in [4.69, 9.17) is 4.42 Å². The molecule has 1 atom stereocenters. The van der Waals surface area contributed by atoms with Crippen molar-refractivity contribution in [3.8, 4) is 11.1 Å². The standard InChI is InChI=1S/C12H10.C4H5OP/c1-3-7-11(8-4-1)12-9-5-2-6-10-12;6-4-2-1-3-5-4/h1-10H;1-3H,6H2. The third-order valence-electron chi connectivity index (χ3n) is 2.42. The average molecular weight is 254 g/mol. The summed E-state index contributed by atoms with van der Waals surface area (Å²) in [5, 5.41) is 0. The zero-order valence-corrected chi connectivity index (χ0v) is 11.1. The molecule has 1 heterocycles. The topological polar surface area (TPSA) is 13.1 Å². The minimum Gasteiger partial charge on any atom is -0.465 e. The first-order valence-corrected chi connectivity index (χ1v) is 6.33. The molecular weight excluding hydrogens is 239 g/mol. The van der Waals surface area contributed by atoms with Crippen molar-refractivity contribution in [2.75, 3.05) is 0 Å². The molecule has 90 valence electrons. The van der Waals surface area contributed by atoms with Crippen LogP contribution in [-0.2, 0) is 0 Å². The number of furan rings is 1. The van der Waals surface area contributed by atoms with Gasteiger partial charge >= 0.3 is 0 Å². The van der Waals surface area contributed by atoms with E-state index in [0.29, 0.717) is 0 Å². The lowest BCUT2D eigenvalue weighted by Crippen LogP contribution is -1.74. The Balaban J connectivity index is 0.000000169. The van der Waals surface area contributed by atoms with Gasteiger partial charge in [0, 0.05) is 0 Å². The molecule has 0 fully saturated rings. The minimum absolute atomic E-state index is 0.884. The van der Waals surface area contributed by atoms with Crippen LogP contribution in [0.4, 0.5) is 0 Å². The quantitative estimate of drug-likeness (QED) is 0.595. The van der Waals surface area contributed by atoms with Gasteiger partial charge < -0.3 is 4.42 Å². The Morgan fingerprint density at radius 3 is 1.39 bits per heavy atom. The Bertz CT molecular complexity index is 507. The molecule has 1 aromatic heterocycles. The molecular formula is C16H15OP. The molecule has 3 rings (SSSR count). The van der Waals surface area contributed by atoms with E-state index < -0.39 is 0 Å². The highest BCUT2D eigenvalue weighted by Gasteiger charge is 1.91. The molecule has 0 spiro atoms. The maximum Gasteiger partial charge on any atom is 0.119 e. The molecule has 3 aromatic rings. The first-order chi connectivity index (χ1) is 8.86. The highest BCUT2D eigenvalue weighted by atomic mass is 31.0. The lowest BCUT2D eigenvalue weighted by atomic mass is 10.1. The van der Waals surface area contributed by atoms with Crippen molar-refractivity contribution >= 4 is 14.7 Å². The Morgan fingerprint density at radius 1 is 0.611 bits per heavy atom. The second-order valence-corrected chi connectivity index (χ2v) is 4.32. The fourth-order valence-corrected chi connectivity index (χ4v) is 1.74. The second-order valence-electron chi connectivity index (χ2n) is 3.75. The zero-order valence-electron chi connectivity index (χ0n) is 9.99. The van der Waals surface area contributed by atoms with E-state index in [9.17, 15) is 0 Å². The third-order valence-corrected chi connectivity index (χ3v) is 2.75. The van der Waals surface area contributed by atoms with Gasteiger partial charge in [0.25, 0.3) is 0 Å². The van der Waals surface area contributed by atoms with Gasteiger partial charge in [0.2, 0.25) is 0 Å². The predicted molar refractivity (Wildman–Crippen MR) is 79.9 cm³/mol. The summed E-state index contributed by atoms with van der Waals surface area (Å²) >= 11 is 0. The fraction of sp³-hybridized carbons (Fsp3) is 0. The summed E-state index contributed by atoms with van der Waals surface area (Å²) in [4.78, 5) is 0. The van der Waals surface area contributed by atoms with Crippen molar-refractivity contribution in [2.24, 2.45) is 0 Å². The maximum absolute atomic E-state index is 4.80. The zero-order chi connectivity index (χ0) is 12.6. The first-order valence-electron chi connectivity index (χ1n) is 5.76. The molecule has 1 nitrogen and oxygen atoms in total. The van der Waals surface area contributed by atoms with E-state index in [2.05, 4.69) is 57.8 Å². The number of rotatable bonds is 1. The van der Waals surface area contributed by atoms with Gasteiger partial charge in [-0.25, -0.2) is 0 Å². The molecule has 0 saturated carbocycles. The van der Waals surface area contributed by atoms with Gasteiger partial charge in [-0.1, -0.05) is 69.9 Å². The average Bonchev–Trinajstić information content (AvgIpc) is 2.93. The van der Waals surface area contributed by atoms with Gasteiger partial charge in [0.1, 0.15) is 5.50 Å². The highest BCUT2D eigenvalue weighted by Crippen LogP contribution is 2.17. The van der Waals surface area contributed by atoms with Gasteiger partial charge in [0.15, 0.2) is 0 Å². The van der Waals surface area contributed by atoms with Crippen LogP contribution >= 0.6 is 9.24 Å². The summed E-state index contributed by atoms with van der Waals surface area (Å²) < 4.78 is 4.80. The fourth-order valence-electron chi connectivity index (χ4n) is 1.55. The summed E-state index contributed by atoms with van der Waals surface area (Å²) in [6.45, 7) is 0. The molecule has 0 radical (unpaired) electrons. The van der Waals surface area contributed by atoms with Gasteiger partial charge in [-0.2, -0.15) is 0 Å². The van der Waals surface area contributed by atoms with E-state index in [0.717, 1.165) is 5.50 Å². The van der Waals surface area contributed by atoms with Crippen LogP contribution in [0.15, 0.2) is 83.5 Å². The normalized spacial score (nSPS) is 9.39. The van der Waals surface area contributed by atoms with Gasteiger partial charge in [-0.3, -0.25) is 0 Å². The summed E-state index contributed by atoms with van der Waals surface area (Å²) in [7, 11) is 2.45. The minimum atomic E-state index is 0.884. The molecule has 2 heteroatoms. The molecule has 0 aliphatic heterocycles. The SMILES string of the molecule is Pc1ccco1.c1ccc(-c2ccccc2)cc1. The lowest BCUT2D eigenvalue weighted by molar-refractivity contribution is 0.604. The monoisotopic (exact) mass is 254 g/mol. The molecule has 18 heavy (non-hydrogen) atoms. The number of benzene rings is 2. The lowest BCUT2D eigenvalue weighted by Gasteiger charge is -1.98. The summed E-state index contributed by atoms with van der Waals surface area (Å²) in [6, 6.07) is 24.5. The van der Waals surface area contributed by atoms with Crippen molar-refractivity contribution in [2.45, 2.75) is 0 Å². The van der Waals surface area contributed by atoms with Crippen LogP contribution in [-0.4, -0.2) is 0 Å². The molecule has 0 aliphatic rings. The van der Waals surface area contributed by atoms with Crippen LogP contribution < -0.4 is 5.50 Å². The summed E-state index contributed by atoms with van der Waals surface area (Å²) in [5.41, 5.74) is 3.44.